The van der Waals surface area contributed by atoms with Gasteiger partial charge in [0.2, 0.25) is 0 Å². The van der Waals surface area contributed by atoms with Crippen LogP contribution in [-0.2, 0) is 0 Å². The standard InChI is InChI=1S/C25H29N7O2/c1-30-11-8-25(16-30)6-4-18(5-7-25)32-15-17-12-19(22(34-2)13-20(17)29-32)24(33)28-21-14-27-31-10-3-9-26-23(21)31/h3,9-10,12-15,18H,4-8,11,16H2,1-2H3,(H,28,33). The lowest BCUT2D eigenvalue weighted by molar-refractivity contribution is 0.102. The molecule has 4 aromatic rings. The molecular weight excluding hydrogens is 430 g/mol. The molecule has 1 aliphatic heterocycles. The van der Waals surface area contributed by atoms with Crippen LogP contribution in [0.25, 0.3) is 16.6 Å². The number of carbonyl (C=O) groups is 1. The second-order valence-electron chi connectivity index (χ2n) is 9.84. The van der Waals surface area contributed by atoms with Gasteiger partial charge in [-0.1, -0.05) is 0 Å². The highest BCUT2D eigenvalue weighted by molar-refractivity contribution is 6.09. The Bertz CT molecular complexity index is 1370. The fourth-order valence-corrected chi connectivity index (χ4v) is 5.76. The second kappa shape index (κ2) is 8.09. The van der Waals surface area contributed by atoms with Crippen molar-refractivity contribution >= 4 is 28.1 Å². The van der Waals surface area contributed by atoms with Crippen molar-refractivity contribution in [3.05, 3.63) is 48.5 Å². The summed E-state index contributed by atoms with van der Waals surface area (Å²) in [6.07, 6.45) is 13.2. The zero-order valence-electron chi connectivity index (χ0n) is 19.6. The van der Waals surface area contributed by atoms with Crippen molar-refractivity contribution < 1.29 is 9.53 Å². The molecule has 1 amide bonds. The summed E-state index contributed by atoms with van der Waals surface area (Å²) in [6, 6.07) is 5.91. The molecule has 3 aromatic heterocycles. The molecular formula is C25H29N7O2. The Hall–Kier alpha value is -3.46. The summed E-state index contributed by atoms with van der Waals surface area (Å²) < 4.78 is 9.28. The zero-order valence-corrected chi connectivity index (χ0v) is 19.6. The van der Waals surface area contributed by atoms with Gasteiger partial charge >= 0.3 is 0 Å². The van der Waals surface area contributed by atoms with E-state index in [1.165, 1.54) is 32.4 Å². The van der Waals surface area contributed by atoms with Gasteiger partial charge in [0, 0.05) is 36.6 Å². The highest BCUT2D eigenvalue weighted by Gasteiger charge is 2.40. The number of hydrogen-bond donors (Lipinski definition) is 1. The van der Waals surface area contributed by atoms with Crippen LogP contribution in [-0.4, -0.2) is 62.4 Å². The van der Waals surface area contributed by atoms with Crippen LogP contribution in [0.3, 0.4) is 0 Å². The molecule has 0 atom stereocenters. The number of anilines is 1. The van der Waals surface area contributed by atoms with E-state index in [2.05, 4.69) is 38.2 Å². The molecule has 1 aliphatic carbocycles. The van der Waals surface area contributed by atoms with Crippen molar-refractivity contribution in [2.75, 3.05) is 32.6 Å². The van der Waals surface area contributed by atoms with E-state index in [4.69, 9.17) is 9.84 Å². The van der Waals surface area contributed by atoms with Crippen LogP contribution in [0, 0.1) is 5.41 Å². The van der Waals surface area contributed by atoms with Gasteiger partial charge in [-0.3, -0.25) is 9.48 Å². The molecule has 6 rings (SSSR count). The predicted octanol–water partition coefficient (Wildman–Crippen LogP) is 3.78. The molecule has 1 saturated carbocycles. The van der Waals surface area contributed by atoms with Crippen LogP contribution in [0.1, 0.15) is 48.5 Å². The lowest BCUT2D eigenvalue weighted by Crippen LogP contribution is -2.31. The minimum atomic E-state index is -0.267. The molecule has 4 heterocycles. The monoisotopic (exact) mass is 459 g/mol. The molecule has 176 valence electrons. The maximum atomic E-state index is 13.2. The van der Waals surface area contributed by atoms with E-state index in [-0.39, 0.29) is 5.91 Å². The topological polar surface area (TPSA) is 89.6 Å². The fraction of sp³-hybridized carbons (Fsp3) is 0.440. The van der Waals surface area contributed by atoms with Gasteiger partial charge in [-0.2, -0.15) is 10.2 Å². The van der Waals surface area contributed by atoms with Gasteiger partial charge in [-0.15, -0.1) is 0 Å². The predicted molar refractivity (Wildman–Crippen MR) is 129 cm³/mol. The maximum Gasteiger partial charge on any atom is 0.259 e. The first-order valence-electron chi connectivity index (χ1n) is 11.9. The van der Waals surface area contributed by atoms with E-state index in [9.17, 15) is 4.79 Å². The van der Waals surface area contributed by atoms with E-state index in [1.807, 2.05) is 12.1 Å². The lowest BCUT2D eigenvalue weighted by atomic mass is 9.72. The largest absolute Gasteiger partial charge is 0.496 e. The fourth-order valence-electron chi connectivity index (χ4n) is 5.76. The Morgan fingerprint density at radius 2 is 2.09 bits per heavy atom. The lowest BCUT2D eigenvalue weighted by Gasteiger charge is -2.37. The zero-order chi connectivity index (χ0) is 23.3. The molecule has 0 bridgehead atoms. The number of nitrogens with zero attached hydrogens (tertiary/aromatic N) is 6. The molecule has 1 saturated heterocycles. The van der Waals surface area contributed by atoms with E-state index in [1.54, 1.807) is 36.3 Å². The maximum absolute atomic E-state index is 13.2. The van der Waals surface area contributed by atoms with Crippen molar-refractivity contribution in [1.29, 1.82) is 0 Å². The van der Waals surface area contributed by atoms with Crippen molar-refractivity contribution in [3.8, 4) is 5.75 Å². The van der Waals surface area contributed by atoms with Crippen LogP contribution >= 0.6 is 0 Å². The number of methoxy groups -OCH3 is 1. The summed E-state index contributed by atoms with van der Waals surface area (Å²) in [4.78, 5) is 19.9. The van der Waals surface area contributed by atoms with E-state index in [0.29, 0.717) is 34.1 Å². The number of benzene rings is 1. The molecule has 1 spiro atoms. The molecule has 2 aliphatic rings. The van der Waals surface area contributed by atoms with Crippen LogP contribution < -0.4 is 10.1 Å². The van der Waals surface area contributed by atoms with Crippen molar-refractivity contribution in [2.24, 2.45) is 5.41 Å². The highest BCUT2D eigenvalue weighted by atomic mass is 16.5. The van der Waals surface area contributed by atoms with Crippen LogP contribution in [0.5, 0.6) is 5.75 Å². The van der Waals surface area contributed by atoms with Crippen molar-refractivity contribution in [3.63, 3.8) is 0 Å². The number of hydrogen-bond acceptors (Lipinski definition) is 6. The Morgan fingerprint density at radius 3 is 2.85 bits per heavy atom. The van der Waals surface area contributed by atoms with Gasteiger partial charge < -0.3 is 15.0 Å². The number of likely N-dealkylation sites (tertiary alicyclic amines) is 1. The first-order chi connectivity index (χ1) is 16.5. The third kappa shape index (κ3) is 3.60. The van der Waals surface area contributed by atoms with Crippen molar-refractivity contribution in [2.45, 2.75) is 38.1 Å². The number of rotatable bonds is 4. The summed E-state index contributed by atoms with van der Waals surface area (Å²) >= 11 is 0. The quantitative estimate of drug-likeness (QED) is 0.500. The third-order valence-electron chi connectivity index (χ3n) is 7.63. The molecule has 1 aromatic carbocycles. The number of aromatic nitrogens is 5. The minimum Gasteiger partial charge on any atom is -0.496 e. The number of ether oxygens (including phenoxy) is 1. The van der Waals surface area contributed by atoms with Gasteiger partial charge in [0.15, 0.2) is 5.65 Å². The summed E-state index contributed by atoms with van der Waals surface area (Å²) in [5.74, 6) is 0.230. The molecule has 0 radical (unpaired) electrons. The smallest absolute Gasteiger partial charge is 0.259 e. The third-order valence-corrected chi connectivity index (χ3v) is 7.63. The van der Waals surface area contributed by atoms with Crippen molar-refractivity contribution in [1.82, 2.24) is 29.3 Å². The Balaban J connectivity index is 1.25. The van der Waals surface area contributed by atoms with Gasteiger partial charge in [-0.25, -0.2) is 9.50 Å². The summed E-state index contributed by atoms with van der Waals surface area (Å²) in [7, 11) is 3.80. The second-order valence-corrected chi connectivity index (χ2v) is 9.84. The van der Waals surface area contributed by atoms with Gasteiger partial charge in [0.25, 0.3) is 5.91 Å². The highest BCUT2D eigenvalue weighted by Crippen LogP contribution is 2.46. The number of fused-ring (bicyclic) bond motifs is 2. The summed E-state index contributed by atoms with van der Waals surface area (Å²) in [5.41, 5.74) is 2.94. The molecule has 9 nitrogen and oxygen atoms in total. The number of carbonyl (C=O) groups excluding carboxylic acids is 1. The van der Waals surface area contributed by atoms with Gasteiger partial charge in [-0.05, 0) is 63.2 Å². The minimum absolute atomic E-state index is 0.267. The first-order valence-corrected chi connectivity index (χ1v) is 11.9. The molecule has 34 heavy (non-hydrogen) atoms. The summed E-state index contributed by atoms with van der Waals surface area (Å²) in [6.45, 7) is 2.44. The number of amides is 1. The molecule has 1 N–H and O–H groups in total. The van der Waals surface area contributed by atoms with Crippen LogP contribution in [0.15, 0.2) is 43.0 Å². The Labute approximate surface area is 197 Å². The molecule has 0 unspecified atom stereocenters. The van der Waals surface area contributed by atoms with Crippen LogP contribution in [0.4, 0.5) is 5.69 Å². The van der Waals surface area contributed by atoms with E-state index >= 15 is 0 Å². The molecule has 9 heteroatoms. The number of nitrogens with one attached hydrogen (secondary N) is 1. The average Bonchev–Trinajstić information content (AvgIpc) is 3.56. The molecule has 2 fully saturated rings. The van der Waals surface area contributed by atoms with Gasteiger partial charge in [0.1, 0.15) is 11.4 Å². The first kappa shape index (κ1) is 21.1. The Morgan fingerprint density at radius 1 is 1.24 bits per heavy atom. The summed E-state index contributed by atoms with van der Waals surface area (Å²) in [5, 5.41) is 13.0. The van der Waals surface area contributed by atoms with E-state index < -0.39 is 0 Å². The van der Waals surface area contributed by atoms with Crippen LogP contribution in [0.2, 0.25) is 0 Å². The Kier molecular flexibility index (Phi) is 5.02. The normalized spacial score (nSPS) is 23.2. The SMILES string of the molecule is COc1cc2nn(C3CCC4(CC3)CCN(C)C4)cc2cc1C(=O)Nc1cnn2cccnc12. The average molecular weight is 460 g/mol. The van der Waals surface area contributed by atoms with Gasteiger partial charge in [0.05, 0.1) is 30.4 Å². The van der Waals surface area contributed by atoms with E-state index in [0.717, 1.165) is 23.7 Å².